The van der Waals surface area contributed by atoms with Crippen molar-refractivity contribution in [2.24, 2.45) is 0 Å². The van der Waals surface area contributed by atoms with Gasteiger partial charge in [0.2, 0.25) is 10.0 Å². The number of rotatable bonds is 6. The molecule has 0 aromatic carbocycles. The SMILES string of the molecule is CCCCN(CC(F)(F)F)S(=O)(=O)CC. The van der Waals surface area contributed by atoms with E-state index >= 15 is 0 Å². The van der Waals surface area contributed by atoms with Crippen molar-refractivity contribution in [2.45, 2.75) is 32.9 Å². The van der Waals surface area contributed by atoms with Gasteiger partial charge in [0.1, 0.15) is 6.54 Å². The minimum absolute atomic E-state index is 0.0633. The van der Waals surface area contributed by atoms with Crippen LogP contribution in [0.2, 0.25) is 0 Å². The Morgan fingerprint density at radius 1 is 1.20 bits per heavy atom. The summed E-state index contributed by atoms with van der Waals surface area (Å²) >= 11 is 0. The summed E-state index contributed by atoms with van der Waals surface area (Å²) in [6, 6.07) is 0. The monoisotopic (exact) mass is 247 g/mol. The van der Waals surface area contributed by atoms with Gasteiger partial charge in [-0.25, -0.2) is 8.42 Å². The summed E-state index contributed by atoms with van der Waals surface area (Å²) in [5, 5.41) is 0. The molecule has 0 aromatic heterocycles. The van der Waals surface area contributed by atoms with Crippen molar-refractivity contribution in [1.29, 1.82) is 0 Å². The van der Waals surface area contributed by atoms with E-state index in [2.05, 4.69) is 0 Å². The molecule has 3 nitrogen and oxygen atoms in total. The lowest BCUT2D eigenvalue weighted by atomic mass is 10.3. The normalized spacial score (nSPS) is 13.5. The van der Waals surface area contributed by atoms with Gasteiger partial charge in [0.05, 0.1) is 5.75 Å². The van der Waals surface area contributed by atoms with Crippen LogP contribution in [0.4, 0.5) is 13.2 Å². The van der Waals surface area contributed by atoms with Crippen molar-refractivity contribution in [3.63, 3.8) is 0 Å². The van der Waals surface area contributed by atoms with E-state index in [9.17, 15) is 21.6 Å². The maximum atomic E-state index is 12.1. The molecule has 0 aliphatic rings. The Bertz CT molecular complexity index is 274. The molecular weight excluding hydrogens is 231 g/mol. The lowest BCUT2D eigenvalue weighted by molar-refractivity contribution is -0.136. The van der Waals surface area contributed by atoms with Crippen LogP contribution in [0.3, 0.4) is 0 Å². The third-order valence-electron chi connectivity index (χ3n) is 1.87. The van der Waals surface area contributed by atoms with Crippen LogP contribution in [0.1, 0.15) is 26.7 Å². The van der Waals surface area contributed by atoms with Gasteiger partial charge in [-0.05, 0) is 13.3 Å². The first-order chi connectivity index (χ1) is 6.73. The van der Waals surface area contributed by atoms with Crippen LogP contribution >= 0.6 is 0 Å². The van der Waals surface area contributed by atoms with E-state index in [1.165, 1.54) is 6.92 Å². The Morgan fingerprint density at radius 3 is 2.07 bits per heavy atom. The van der Waals surface area contributed by atoms with Gasteiger partial charge in [0.15, 0.2) is 0 Å². The van der Waals surface area contributed by atoms with Crippen LogP contribution in [-0.2, 0) is 10.0 Å². The van der Waals surface area contributed by atoms with Crippen molar-refractivity contribution < 1.29 is 21.6 Å². The molecule has 0 aliphatic carbocycles. The fraction of sp³-hybridized carbons (Fsp3) is 1.00. The molecule has 0 bridgehead atoms. The molecular formula is C8H16F3NO2S. The quantitative estimate of drug-likeness (QED) is 0.720. The van der Waals surface area contributed by atoms with E-state index in [-0.39, 0.29) is 12.3 Å². The van der Waals surface area contributed by atoms with Gasteiger partial charge in [-0.3, -0.25) is 0 Å². The number of halogens is 3. The van der Waals surface area contributed by atoms with Crippen LogP contribution in [0.15, 0.2) is 0 Å². The van der Waals surface area contributed by atoms with E-state index in [1.807, 2.05) is 0 Å². The second-order valence-electron chi connectivity index (χ2n) is 3.20. The Hall–Kier alpha value is -0.300. The second-order valence-corrected chi connectivity index (χ2v) is 5.46. The number of alkyl halides is 3. The molecule has 15 heavy (non-hydrogen) atoms. The third kappa shape index (κ3) is 5.99. The molecule has 0 spiro atoms. The first-order valence-corrected chi connectivity index (χ1v) is 6.38. The highest BCUT2D eigenvalue weighted by Crippen LogP contribution is 2.19. The number of hydrogen-bond donors (Lipinski definition) is 0. The highest BCUT2D eigenvalue weighted by atomic mass is 32.2. The highest BCUT2D eigenvalue weighted by Gasteiger charge is 2.35. The molecule has 0 atom stereocenters. The number of nitrogens with zero attached hydrogens (tertiary/aromatic N) is 1. The zero-order valence-corrected chi connectivity index (χ0v) is 9.66. The van der Waals surface area contributed by atoms with Crippen molar-refractivity contribution in [2.75, 3.05) is 18.8 Å². The van der Waals surface area contributed by atoms with Crippen LogP contribution in [-0.4, -0.2) is 37.7 Å². The summed E-state index contributed by atoms with van der Waals surface area (Å²) in [5.41, 5.74) is 0. The van der Waals surface area contributed by atoms with E-state index in [1.54, 1.807) is 6.92 Å². The summed E-state index contributed by atoms with van der Waals surface area (Å²) < 4.78 is 59.4. The number of hydrogen-bond acceptors (Lipinski definition) is 2. The zero-order chi connectivity index (χ0) is 12.1. The smallest absolute Gasteiger partial charge is 0.212 e. The van der Waals surface area contributed by atoms with Gasteiger partial charge in [-0.15, -0.1) is 0 Å². The maximum absolute atomic E-state index is 12.1. The van der Waals surface area contributed by atoms with Gasteiger partial charge in [-0.2, -0.15) is 17.5 Å². The Morgan fingerprint density at radius 2 is 1.73 bits per heavy atom. The minimum atomic E-state index is -4.48. The summed E-state index contributed by atoms with van der Waals surface area (Å²) in [4.78, 5) is 0. The van der Waals surface area contributed by atoms with Crippen LogP contribution in [0.25, 0.3) is 0 Å². The number of sulfonamides is 1. The molecule has 0 aromatic rings. The lowest BCUT2D eigenvalue weighted by Gasteiger charge is -2.22. The fourth-order valence-electron chi connectivity index (χ4n) is 1.03. The predicted molar refractivity (Wildman–Crippen MR) is 52.0 cm³/mol. The first-order valence-electron chi connectivity index (χ1n) is 4.77. The van der Waals surface area contributed by atoms with Crippen molar-refractivity contribution in [3.05, 3.63) is 0 Å². The van der Waals surface area contributed by atoms with Gasteiger partial charge < -0.3 is 0 Å². The molecule has 0 saturated carbocycles. The Balaban J connectivity index is 4.60. The Labute approximate surface area is 88.3 Å². The molecule has 0 rings (SSSR count). The highest BCUT2D eigenvalue weighted by molar-refractivity contribution is 7.89. The minimum Gasteiger partial charge on any atom is -0.212 e. The van der Waals surface area contributed by atoms with Gasteiger partial charge in [-0.1, -0.05) is 13.3 Å². The average Bonchev–Trinajstić information content (AvgIpc) is 2.10. The topological polar surface area (TPSA) is 37.4 Å². The molecule has 0 fully saturated rings. The lowest BCUT2D eigenvalue weighted by Crippen LogP contribution is -2.40. The Kier molecular flexibility index (Phi) is 5.58. The summed E-state index contributed by atoms with van der Waals surface area (Å²) in [6.07, 6.45) is -3.38. The number of unbranched alkanes of at least 4 members (excludes halogenated alkanes) is 1. The molecule has 0 heterocycles. The standard InChI is InChI=1S/C8H16F3NO2S/c1-3-5-6-12(7-8(9,10)11)15(13,14)4-2/h3-7H2,1-2H3. The van der Waals surface area contributed by atoms with Crippen molar-refractivity contribution in [1.82, 2.24) is 4.31 Å². The molecule has 0 N–H and O–H groups in total. The molecule has 7 heteroatoms. The van der Waals surface area contributed by atoms with Gasteiger partial charge >= 0.3 is 6.18 Å². The first kappa shape index (κ1) is 14.7. The van der Waals surface area contributed by atoms with Crippen molar-refractivity contribution in [3.8, 4) is 0 Å². The summed E-state index contributed by atoms with van der Waals surface area (Å²) in [5.74, 6) is -0.299. The van der Waals surface area contributed by atoms with E-state index in [0.717, 1.165) is 0 Å². The average molecular weight is 247 g/mol. The van der Waals surface area contributed by atoms with E-state index in [4.69, 9.17) is 0 Å². The summed E-state index contributed by atoms with van der Waals surface area (Å²) in [6.45, 7) is 1.68. The van der Waals surface area contributed by atoms with E-state index in [0.29, 0.717) is 17.1 Å². The second kappa shape index (κ2) is 5.69. The predicted octanol–water partition coefficient (Wildman–Crippen LogP) is 2.00. The molecule has 0 saturated heterocycles. The fourth-order valence-corrected chi connectivity index (χ4v) is 2.15. The van der Waals surface area contributed by atoms with Crippen LogP contribution in [0, 0.1) is 0 Å². The largest absolute Gasteiger partial charge is 0.402 e. The van der Waals surface area contributed by atoms with Crippen LogP contribution < -0.4 is 0 Å². The third-order valence-corrected chi connectivity index (χ3v) is 3.70. The maximum Gasteiger partial charge on any atom is 0.402 e. The van der Waals surface area contributed by atoms with Crippen LogP contribution in [0.5, 0.6) is 0 Å². The zero-order valence-electron chi connectivity index (χ0n) is 8.84. The molecule has 92 valence electrons. The molecule has 0 radical (unpaired) electrons. The molecule has 0 unspecified atom stereocenters. The van der Waals surface area contributed by atoms with Crippen molar-refractivity contribution >= 4 is 10.0 Å². The summed E-state index contributed by atoms with van der Waals surface area (Å²) in [7, 11) is -3.75. The molecule has 0 aliphatic heterocycles. The van der Waals surface area contributed by atoms with Gasteiger partial charge in [0, 0.05) is 6.54 Å². The van der Waals surface area contributed by atoms with Gasteiger partial charge in [0.25, 0.3) is 0 Å². The molecule has 0 amide bonds. The van der Waals surface area contributed by atoms with E-state index < -0.39 is 22.7 Å².